The van der Waals surface area contributed by atoms with Crippen molar-refractivity contribution in [3.8, 4) is 11.5 Å². The Morgan fingerprint density at radius 2 is 1.76 bits per heavy atom. The minimum Gasteiger partial charge on any atom is -0.448 e. The molecule has 33 heavy (non-hydrogen) atoms. The van der Waals surface area contributed by atoms with E-state index in [4.69, 9.17) is 18.8 Å². The van der Waals surface area contributed by atoms with Gasteiger partial charge in [-0.15, -0.1) is 0 Å². The number of rotatable bonds is 5. The van der Waals surface area contributed by atoms with E-state index in [-0.39, 0.29) is 11.6 Å². The highest BCUT2D eigenvalue weighted by Crippen LogP contribution is 2.35. The van der Waals surface area contributed by atoms with Gasteiger partial charge in [0, 0.05) is 22.7 Å². The summed E-state index contributed by atoms with van der Waals surface area (Å²) in [7, 11) is 0. The molecule has 7 heteroatoms. The molecule has 1 fully saturated rings. The summed E-state index contributed by atoms with van der Waals surface area (Å²) < 4.78 is 13.7. The first-order valence-electron chi connectivity index (χ1n) is 11.3. The molecule has 6 rings (SSSR count). The SMILES string of the molecule is Cc1oc(-c2ccccc2)nc1CSc1nc2c(oc3ccccc32)c(=O)n1C1CCCC1. The molecule has 0 saturated heterocycles. The zero-order valence-electron chi connectivity index (χ0n) is 18.3. The van der Waals surface area contributed by atoms with Gasteiger partial charge in [-0.25, -0.2) is 9.97 Å². The quantitative estimate of drug-likeness (QED) is 0.221. The van der Waals surface area contributed by atoms with Crippen molar-refractivity contribution in [2.24, 2.45) is 0 Å². The lowest BCUT2D eigenvalue weighted by molar-refractivity contribution is 0.452. The van der Waals surface area contributed by atoms with Gasteiger partial charge in [0.1, 0.15) is 16.9 Å². The molecule has 166 valence electrons. The molecule has 5 aromatic rings. The van der Waals surface area contributed by atoms with Crippen molar-refractivity contribution in [2.45, 2.75) is 49.6 Å². The number of hydrogen-bond acceptors (Lipinski definition) is 6. The summed E-state index contributed by atoms with van der Waals surface area (Å²) >= 11 is 1.54. The Hall–Kier alpha value is -3.32. The van der Waals surface area contributed by atoms with Gasteiger partial charge >= 0.3 is 0 Å². The van der Waals surface area contributed by atoms with Gasteiger partial charge in [0.2, 0.25) is 11.5 Å². The van der Waals surface area contributed by atoms with Crippen molar-refractivity contribution in [2.75, 3.05) is 0 Å². The number of hydrogen-bond donors (Lipinski definition) is 0. The summed E-state index contributed by atoms with van der Waals surface area (Å²) in [6.07, 6.45) is 4.23. The van der Waals surface area contributed by atoms with E-state index in [1.807, 2.05) is 66.1 Å². The fourth-order valence-electron chi connectivity index (χ4n) is 4.62. The van der Waals surface area contributed by atoms with Crippen LogP contribution in [0.2, 0.25) is 0 Å². The molecule has 0 unspecified atom stereocenters. The minimum atomic E-state index is -0.0903. The van der Waals surface area contributed by atoms with E-state index < -0.39 is 0 Å². The molecule has 1 saturated carbocycles. The van der Waals surface area contributed by atoms with Gasteiger partial charge in [-0.1, -0.05) is 54.9 Å². The maximum Gasteiger partial charge on any atom is 0.298 e. The van der Waals surface area contributed by atoms with E-state index in [0.717, 1.165) is 53.2 Å². The third-order valence-corrected chi connectivity index (χ3v) is 7.30. The summed E-state index contributed by atoms with van der Waals surface area (Å²) in [6, 6.07) is 17.7. The first-order chi connectivity index (χ1) is 16.2. The van der Waals surface area contributed by atoms with Crippen molar-refractivity contribution in [1.82, 2.24) is 14.5 Å². The summed E-state index contributed by atoms with van der Waals surface area (Å²) in [6.45, 7) is 1.93. The summed E-state index contributed by atoms with van der Waals surface area (Å²) in [4.78, 5) is 23.2. The van der Waals surface area contributed by atoms with E-state index in [1.54, 1.807) is 0 Å². The molecule has 0 spiro atoms. The standard InChI is InChI=1S/C26H23N3O3S/c1-16-20(27-24(31-16)17-9-3-2-4-10-17)15-33-26-28-22-19-13-7-8-14-21(19)32-23(22)25(30)29(26)18-11-5-6-12-18/h2-4,7-10,13-14,18H,5-6,11-12,15H2,1H3. The number of aromatic nitrogens is 3. The Labute approximate surface area is 194 Å². The highest BCUT2D eigenvalue weighted by Gasteiger charge is 2.26. The van der Waals surface area contributed by atoms with E-state index in [1.165, 1.54) is 11.8 Å². The molecule has 0 radical (unpaired) electrons. The van der Waals surface area contributed by atoms with Crippen LogP contribution in [0.25, 0.3) is 33.5 Å². The predicted octanol–water partition coefficient (Wildman–Crippen LogP) is 6.51. The lowest BCUT2D eigenvalue weighted by Crippen LogP contribution is -2.26. The van der Waals surface area contributed by atoms with Crippen LogP contribution >= 0.6 is 11.8 Å². The molecule has 0 aliphatic heterocycles. The van der Waals surface area contributed by atoms with Crippen LogP contribution in [0.1, 0.15) is 43.2 Å². The normalized spacial score (nSPS) is 14.6. The second-order valence-electron chi connectivity index (χ2n) is 8.46. The minimum absolute atomic E-state index is 0.0903. The van der Waals surface area contributed by atoms with Gasteiger partial charge in [-0.2, -0.15) is 0 Å². The molecule has 6 nitrogen and oxygen atoms in total. The van der Waals surface area contributed by atoms with Gasteiger partial charge in [-0.05, 0) is 44.0 Å². The van der Waals surface area contributed by atoms with E-state index in [0.29, 0.717) is 28.3 Å². The van der Waals surface area contributed by atoms with E-state index >= 15 is 0 Å². The lowest BCUT2D eigenvalue weighted by Gasteiger charge is -2.17. The van der Waals surface area contributed by atoms with Crippen LogP contribution in [0, 0.1) is 6.92 Å². The zero-order chi connectivity index (χ0) is 22.4. The summed E-state index contributed by atoms with van der Waals surface area (Å²) in [5.41, 5.74) is 3.39. The van der Waals surface area contributed by atoms with Crippen LogP contribution in [-0.2, 0) is 5.75 Å². The third kappa shape index (κ3) is 3.56. The Balaban J connectivity index is 1.41. The number of benzene rings is 2. The number of nitrogens with zero attached hydrogens (tertiary/aromatic N) is 3. The van der Waals surface area contributed by atoms with Crippen molar-refractivity contribution >= 4 is 33.8 Å². The fraction of sp³-hybridized carbons (Fsp3) is 0.269. The molecular weight excluding hydrogens is 434 g/mol. The first kappa shape index (κ1) is 20.3. The number of furan rings is 1. The third-order valence-electron chi connectivity index (χ3n) is 6.34. The average Bonchev–Trinajstić information content (AvgIpc) is 3.58. The molecule has 2 aromatic carbocycles. The monoisotopic (exact) mass is 457 g/mol. The number of fused-ring (bicyclic) bond motifs is 3. The van der Waals surface area contributed by atoms with E-state index in [9.17, 15) is 4.79 Å². The predicted molar refractivity (Wildman–Crippen MR) is 130 cm³/mol. The first-order valence-corrected chi connectivity index (χ1v) is 12.3. The summed E-state index contributed by atoms with van der Waals surface area (Å²) in [5.74, 6) is 1.97. The highest BCUT2D eigenvalue weighted by atomic mass is 32.2. The van der Waals surface area contributed by atoms with Gasteiger partial charge in [0.25, 0.3) is 5.56 Å². The van der Waals surface area contributed by atoms with Gasteiger partial charge < -0.3 is 8.83 Å². The van der Waals surface area contributed by atoms with Crippen LogP contribution < -0.4 is 5.56 Å². The molecule has 3 heterocycles. The Morgan fingerprint density at radius 3 is 2.58 bits per heavy atom. The molecule has 0 bridgehead atoms. The smallest absolute Gasteiger partial charge is 0.298 e. The van der Waals surface area contributed by atoms with Crippen molar-refractivity contribution in [3.63, 3.8) is 0 Å². The number of aryl methyl sites for hydroxylation is 1. The Kier molecular flexibility index (Phi) is 5.06. The maximum absolute atomic E-state index is 13.6. The van der Waals surface area contributed by atoms with Crippen molar-refractivity contribution in [1.29, 1.82) is 0 Å². The molecule has 3 aromatic heterocycles. The van der Waals surface area contributed by atoms with Crippen molar-refractivity contribution in [3.05, 3.63) is 76.4 Å². The molecule has 0 amide bonds. The van der Waals surface area contributed by atoms with Crippen LogP contribution in [0.15, 0.2) is 73.4 Å². The lowest BCUT2D eigenvalue weighted by atomic mass is 10.2. The second kappa shape index (κ2) is 8.23. The van der Waals surface area contributed by atoms with Crippen molar-refractivity contribution < 1.29 is 8.83 Å². The Bertz CT molecular complexity index is 1510. The average molecular weight is 458 g/mol. The van der Waals surface area contributed by atoms with Crippen LogP contribution in [0.3, 0.4) is 0 Å². The Morgan fingerprint density at radius 1 is 1.00 bits per heavy atom. The largest absolute Gasteiger partial charge is 0.448 e. The molecule has 0 N–H and O–H groups in total. The second-order valence-corrected chi connectivity index (χ2v) is 9.40. The van der Waals surface area contributed by atoms with Crippen LogP contribution in [0.4, 0.5) is 0 Å². The number of oxazole rings is 1. The molecule has 1 aliphatic rings. The van der Waals surface area contributed by atoms with Gasteiger partial charge in [0.05, 0.1) is 5.69 Å². The number of para-hydroxylation sites is 1. The summed E-state index contributed by atoms with van der Waals surface area (Å²) in [5, 5.41) is 1.59. The zero-order valence-corrected chi connectivity index (χ0v) is 19.1. The molecule has 1 aliphatic carbocycles. The molecule has 0 atom stereocenters. The molecular formula is C26H23N3O3S. The van der Waals surface area contributed by atoms with E-state index in [2.05, 4.69) is 0 Å². The van der Waals surface area contributed by atoms with Crippen LogP contribution in [-0.4, -0.2) is 14.5 Å². The highest BCUT2D eigenvalue weighted by molar-refractivity contribution is 7.98. The van der Waals surface area contributed by atoms with Gasteiger partial charge in [-0.3, -0.25) is 9.36 Å². The maximum atomic E-state index is 13.6. The topological polar surface area (TPSA) is 74.1 Å². The fourth-order valence-corrected chi connectivity index (χ4v) is 5.68. The van der Waals surface area contributed by atoms with Gasteiger partial charge in [0.15, 0.2) is 5.16 Å². The number of thioether (sulfide) groups is 1. The van der Waals surface area contributed by atoms with Crippen LogP contribution in [0.5, 0.6) is 0 Å².